The standard InChI is InChI=1S/C23H42ClN2O5/c1-5-9-11-18(7-3)13-23(16-28,17-31-15-19(8-4)12-10-6-2)26(22(24)30)21(29)20(25)14-27/h18-20,27H,5-15,17,25H2,1-4H3/t18?,19?,20-,23-/m1/s1. The summed E-state index contributed by atoms with van der Waals surface area (Å²) in [5.41, 5.74) is 4.00. The van der Waals surface area contributed by atoms with Gasteiger partial charge >= 0.3 is 5.37 Å². The highest BCUT2D eigenvalue weighted by atomic mass is 35.5. The van der Waals surface area contributed by atoms with E-state index in [1.807, 2.05) is 13.2 Å². The first-order valence-electron chi connectivity index (χ1n) is 11.6. The van der Waals surface area contributed by atoms with E-state index in [9.17, 15) is 19.5 Å². The Hall–Kier alpha value is -1.02. The van der Waals surface area contributed by atoms with Gasteiger partial charge in [0.05, 0.1) is 13.2 Å². The highest BCUT2D eigenvalue weighted by Crippen LogP contribution is 2.30. The molecule has 2 unspecified atom stereocenters. The van der Waals surface area contributed by atoms with Crippen LogP contribution in [-0.2, 0) is 14.3 Å². The molecule has 3 N–H and O–H groups in total. The van der Waals surface area contributed by atoms with Gasteiger partial charge in [-0.25, -0.2) is 0 Å². The van der Waals surface area contributed by atoms with E-state index in [2.05, 4.69) is 20.8 Å². The third kappa shape index (κ3) is 9.98. The molecule has 0 heterocycles. The molecule has 0 bridgehead atoms. The van der Waals surface area contributed by atoms with Crippen LogP contribution < -0.4 is 5.73 Å². The van der Waals surface area contributed by atoms with E-state index in [4.69, 9.17) is 22.1 Å². The molecule has 4 atom stereocenters. The first kappa shape index (κ1) is 30.0. The van der Waals surface area contributed by atoms with Crippen LogP contribution in [0.1, 0.15) is 85.5 Å². The van der Waals surface area contributed by atoms with Crippen LogP contribution in [0.15, 0.2) is 0 Å². The topological polar surface area (TPSA) is 110 Å². The molecule has 1 radical (unpaired) electrons. The fraction of sp³-hybridized carbons (Fsp3) is 0.870. The smallest absolute Gasteiger partial charge is 0.324 e. The maximum atomic E-state index is 12.8. The van der Waals surface area contributed by atoms with E-state index in [1.54, 1.807) is 0 Å². The van der Waals surface area contributed by atoms with Gasteiger partial charge in [0.1, 0.15) is 11.6 Å². The summed E-state index contributed by atoms with van der Waals surface area (Å²) in [5.74, 6) is -0.511. The first-order chi connectivity index (χ1) is 14.8. The van der Waals surface area contributed by atoms with E-state index in [0.717, 1.165) is 51.4 Å². The average molecular weight is 462 g/mol. The zero-order chi connectivity index (χ0) is 23.9. The van der Waals surface area contributed by atoms with Gasteiger partial charge in [-0.1, -0.05) is 72.6 Å². The van der Waals surface area contributed by atoms with Crippen molar-refractivity contribution >= 4 is 29.2 Å². The molecule has 0 aromatic rings. The van der Waals surface area contributed by atoms with Crippen molar-refractivity contribution in [1.82, 2.24) is 4.90 Å². The van der Waals surface area contributed by atoms with Gasteiger partial charge in [-0.3, -0.25) is 19.3 Å². The minimum Gasteiger partial charge on any atom is -0.394 e. The molecule has 0 aromatic carbocycles. The molecule has 0 aliphatic heterocycles. The number of carbonyl (C=O) groups excluding carboxylic acids is 3. The number of halogens is 1. The predicted octanol–water partition coefficient (Wildman–Crippen LogP) is 4.18. The van der Waals surface area contributed by atoms with Crippen LogP contribution in [0.5, 0.6) is 0 Å². The Labute approximate surface area is 193 Å². The number of aliphatic hydroxyl groups is 1. The zero-order valence-corrected chi connectivity index (χ0v) is 20.5. The highest BCUT2D eigenvalue weighted by Gasteiger charge is 2.47. The number of aliphatic hydroxyl groups excluding tert-OH is 1. The summed E-state index contributed by atoms with van der Waals surface area (Å²) < 4.78 is 5.91. The van der Waals surface area contributed by atoms with Gasteiger partial charge in [-0.15, -0.1) is 0 Å². The Kier molecular flexibility index (Phi) is 16.0. The SMILES string of the molecule is CCCCC(CC)COC[C@]([C]=O)(CC(CC)CCCC)N(C(=O)Cl)C(=O)[C@H](N)CO. The Balaban J connectivity index is 5.84. The van der Waals surface area contributed by atoms with Crippen LogP contribution in [0.4, 0.5) is 4.79 Å². The van der Waals surface area contributed by atoms with Gasteiger partial charge < -0.3 is 15.6 Å². The number of unbranched alkanes of at least 4 members (excludes halogenated alkanes) is 2. The van der Waals surface area contributed by atoms with Gasteiger partial charge in [-0.2, -0.15) is 0 Å². The van der Waals surface area contributed by atoms with E-state index in [0.29, 0.717) is 17.4 Å². The fourth-order valence-corrected chi connectivity index (χ4v) is 4.00. The van der Waals surface area contributed by atoms with E-state index in [1.165, 1.54) is 0 Å². The molecule has 0 rings (SSSR count). The largest absolute Gasteiger partial charge is 0.394 e. The lowest BCUT2D eigenvalue weighted by Gasteiger charge is -2.39. The van der Waals surface area contributed by atoms with Crippen molar-refractivity contribution in [3.8, 4) is 0 Å². The average Bonchev–Trinajstić information content (AvgIpc) is 2.77. The van der Waals surface area contributed by atoms with E-state index in [-0.39, 0.29) is 18.9 Å². The molecular weight excluding hydrogens is 420 g/mol. The second kappa shape index (κ2) is 16.6. The molecule has 31 heavy (non-hydrogen) atoms. The Morgan fingerprint density at radius 1 is 1.10 bits per heavy atom. The van der Waals surface area contributed by atoms with Crippen molar-refractivity contribution in [1.29, 1.82) is 0 Å². The predicted molar refractivity (Wildman–Crippen MR) is 124 cm³/mol. The number of hydrogen-bond donors (Lipinski definition) is 2. The van der Waals surface area contributed by atoms with Gasteiger partial charge in [0.2, 0.25) is 12.2 Å². The van der Waals surface area contributed by atoms with Crippen LogP contribution in [0.2, 0.25) is 0 Å². The van der Waals surface area contributed by atoms with Gasteiger partial charge in [0, 0.05) is 6.61 Å². The van der Waals surface area contributed by atoms with Crippen LogP contribution in [0, 0.1) is 11.8 Å². The summed E-state index contributed by atoms with van der Waals surface area (Å²) in [4.78, 5) is 38.1. The van der Waals surface area contributed by atoms with Crippen molar-refractivity contribution in [2.45, 2.75) is 97.1 Å². The molecule has 181 valence electrons. The molecule has 0 fully saturated rings. The second-order valence-electron chi connectivity index (χ2n) is 8.40. The third-order valence-electron chi connectivity index (χ3n) is 5.94. The third-order valence-corrected chi connectivity index (χ3v) is 6.10. The Morgan fingerprint density at radius 2 is 1.65 bits per heavy atom. The number of carbonyl (C=O) groups is 2. The minimum absolute atomic E-state index is 0.0729. The maximum absolute atomic E-state index is 12.8. The molecule has 8 heteroatoms. The van der Waals surface area contributed by atoms with Crippen molar-refractivity contribution in [2.75, 3.05) is 19.8 Å². The molecule has 0 spiro atoms. The van der Waals surface area contributed by atoms with Crippen molar-refractivity contribution in [3.63, 3.8) is 0 Å². The van der Waals surface area contributed by atoms with Gasteiger partial charge in [-0.05, 0) is 36.3 Å². The summed E-state index contributed by atoms with van der Waals surface area (Å²) >= 11 is 5.77. The molecule has 0 aliphatic rings. The number of hydrogen-bond acceptors (Lipinski definition) is 6. The van der Waals surface area contributed by atoms with Crippen LogP contribution in [-0.4, -0.2) is 59.0 Å². The maximum Gasteiger partial charge on any atom is 0.324 e. The van der Waals surface area contributed by atoms with E-state index < -0.39 is 29.5 Å². The molecule has 0 aromatic heterocycles. The normalized spacial score (nSPS) is 16.2. The minimum atomic E-state index is -1.68. The lowest BCUT2D eigenvalue weighted by molar-refractivity contribution is -0.135. The highest BCUT2D eigenvalue weighted by molar-refractivity contribution is 6.64. The molecule has 0 saturated carbocycles. The second-order valence-corrected chi connectivity index (χ2v) is 8.72. The van der Waals surface area contributed by atoms with Crippen molar-refractivity contribution in [2.24, 2.45) is 17.6 Å². The van der Waals surface area contributed by atoms with Crippen LogP contribution in [0.25, 0.3) is 0 Å². The molecule has 7 nitrogen and oxygen atoms in total. The van der Waals surface area contributed by atoms with Gasteiger partial charge in [0.15, 0.2) is 0 Å². The fourth-order valence-electron chi connectivity index (χ4n) is 3.75. The summed E-state index contributed by atoms with van der Waals surface area (Å²) in [5, 5.41) is 8.20. The van der Waals surface area contributed by atoms with Crippen molar-refractivity contribution in [3.05, 3.63) is 0 Å². The number of imide groups is 1. The van der Waals surface area contributed by atoms with E-state index >= 15 is 0 Å². The molecule has 0 aliphatic carbocycles. The number of nitrogens with two attached hydrogens (primary N) is 1. The van der Waals surface area contributed by atoms with Crippen LogP contribution >= 0.6 is 11.6 Å². The number of rotatable bonds is 18. The number of ether oxygens (including phenoxy) is 1. The summed E-state index contributed by atoms with van der Waals surface area (Å²) in [7, 11) is 0. The molecule has 2 amide bonds. The lowest BCUT2D eigenvalue weighted by Crippen LogP contribution is -2.62. The Morgan fingerprint density at radius 3 is 2.06 bits per heavy atom. The zero-order valence-electron chi connectivity index (χ0n) is 19.7. The molecular formula is C23H42ClN2O5. The summed E-state index contributed by atoms with van der Waals surface area (Å²) in [6, 6.07) is -1.36. The van der Waals surface area contributed by atoms with Gasteiger partial charge in [0.25, 0.3) is 0 Å². The summed E-state index contributed by atoms with van der Waals surface area (Å²) in [6.45, 7) is 7.84. The monoisotopic (exact) mass is 461 g/mol. The van der Waals surface area contributed by atoms with Crippen molar-refractivity contribution < 1.29 is 24.2 Å². The first-order valence-corrected chi connectivity index (χ1v) is 12.0. The number of nitrogens with zero attached hydrogens (tertiary/aromatic N) is 1. The number of amides is 2. The Bertz CT molecular complexity index is 534. The lowest BCUT2D eigenvalue weighted by atomic mass is 9.83. The molecule has 0 saturated heterocycles. The summed E-state index contributed by atoms with van der Waals surface area (Å²) in [6.07, 6.45) is 9.78. The van der Waals surface area contributed by atoms with Crippen LogP contribution in [0.3, 0.4) is 0 Å². The quantitative estimate of drug-likeness (QED) is 0.234.